The molecule has 7 nitrogen and oxygen atoms in total. The van der Waals surface area contributed by atoms with Gasteiger partial charge >= 0.3 is 6.18 Å². The number of nitrogens with one attached hydrogen (secondary N) is 2. The van der Waals surface area contributed by atoms with Crippen LogP contribution in [0.25, 0.3) is 0 Å². The standard InChI is InChI=1S/C18H12F4N4O3S/c1-30-14-5-10(19)2-3-13(14)29-17-12(4-9(7-23-17)18(20,21)22)16(28)25-11-6-15(27)26-24-8-11/h2-8H,1H3,(H2,25,26,27,28). The van der Waals surface area contributed by atoms with E-state index in [0.717, 1.165) is 30.1 Å². The lowest BCUT2D eigenvalue weighted by molar-refractivity contribution is -0.137. The van der Waals surface area contributed by atoms with Crippen molar-refractivity contribution in [3.05, 3.63) is 70.0 Å². The summed E-state index contributed by atoms with van der Waals surface area (Å²) in [7, 11) is 0. The molecule has 2 N–H and O–H groups in total. The molecule has 0 aliphatic heterocycles. The number of carbonyl (C=O) groups excluding carboxylic acids is 1. The second-order valence-electron chi connectivity index (χ2n) is 5.76. The zero-order valence-electron chi connectivity index (χ0n) is 15.1. The van der Waals surface area contributed by atoms with Crippen LogP contribution < -0.4 is 15.6 Å². The second kappa shape index (κ2) is 8.53. The highest BCUT2D eigenvalue weighted by Crippen LogP contribution is 2.35. The predicted octanol–water partition coefficient (Wildman–Crippen LogP) is 4.09. The number of benzene rings is 1. The topological polar surface area (TPSA) is 97.0 Å². The molecule has 2 aromatic heterocycles. The third kappa shape index (κ3) is 4.95. The van der Waals surface area contributed by atoms with Crippen molar-refractivity contribution in [2.75, 3.05) is 11.6 Å². The quantitative estimate of drug-likeness (QED) is 0.458. The molecule has 156 valence electrons. The van der Waals surface area contributed by atoms with Crippen molar-refractivity contribution < 1.29 is 27.1 Å². The van der Waals surface area contributed by atoms with Crippen LogP contribution >= 0.6 is 11.8 Å². The van der Waals surface area contributed by atoms with Crippen molar-refractivity contribution in [1.29, 1.82) is 0 Å². The second-order valence-corrected chi connectivity index (χ2v) is 6.61. The minimum absolute atomic E-state index is 0.0429. The van der Waals surface area contributed by atoms with Crippen LogP contribution in [0.15, 0.2) is 52.4 Å². The molecule has 1 aromatic carbocycles. The summed E-state index contributed by atoms with van der Waals surface area (Å²) in [5.74, 6) is -1.88. The van der Waals surface area contributed by atoms with Crippen molar-refractivity contribution >= 4 is 23.4 Å². The van der Waals surface area contributed by atoms with Gasteiger partial charge in [0.2, 0.25) is 5.88 Å². The Bertz CT molecular complexity index is 1150. The normalized spacial score (nSPS) is 11.2. The van der Waals surface area contributed by atoms with E-state index in [1.807, 2.05) is 0 Å². The van der Waals surface area contributed by atoms with Crippen LogP contribution in [-0.2, 0) is 6.18 Å². The number of pyridine rings is 1. The first kappa shape index (κ1) is 21.3. The molecule has 0 saturated heterocycles. The molecule has 30 heavy (non-hydrogen) atoms. The van der Waals surface area contributed by atoms with Crippen molar-refractivity contribution in [2.24, 2.45) is 0 Å². The van der Waals surface area contributed by atoms with Gasteiger partial charge in [0.05, 0.1) is 22.3 Å². The number of alkyl halides is 3. The Hall–Kier alpha value is -3.41. The number of aromatic amines is 1. The molecule has 0 aliphatic carbocycles. The van der Waals surface area contributed by atoms with Gasteiger partial charge in [-0.25, -0.2) is 14.5 Å². The van der Waals surface area contributed by atoms with E-state index < -0.39 is 40.5 Å². The maximum absolute atomic E-state index is 13.4. The minimum Gasteiger partial charge on any atom is -0.437 e. The highest BCUT2D eigenvalue weighted by atomic mass is 32.2. The largest absolute Gasteiger partial charge is 0.437 e. The van der Waals surface area contributed by atoms with E-state index in [1.54, 1.807) is 6.26 Å². The van der Waals surface area contributed by atoms with Crippen molar-refractivity contribution in [3.63, 3.8) is 0 Å². The molecule has 0 spiro atoms. The third-order valence-electron chi connectivity index (χ3n) is 3.68. The number of amides is 1. The maximum Gasteiger partial charge on any atom is 0.417 e. The first-order valence-electron chi connectivity index (χ1n) is 8.12. The van der Waals surface area contributed by atoms with Crippen LogP contribution in [0.3, 0.4) is 0 Å². The third-order valence-corrected chi connectivity index (χ3v) is 4.44. The van der Waals surface area contributed by atoms with Gasteiger partial charge in [-0.1, -0.05) is 0 Å². The van der Waals surface area contributed by atoms with E-state index >= 15 is 0 Å². The fraction of sp³-hybridized carbons (Fsp3) is 0.111. The molecule has 0 atom stereocenters. The zero-order valence-corrected chi connectivity index (χ0v) is 15.9. The summed E-state index contributed by atoms with van der Waals surface area (Å²) in [6.45, 7) is 0. The maximum atomic E-state index is 13.4. The number of aromatic nitrogens is 3. The Morgan fingerprint density at radius 2 is 1.97 bits per heavy atom. The molecule has 0 unspecified atom stereocenters. The molecule has 0 saturated carbocycles. The lowest BCUT2D eigenvalue weighted by atomic mass is 10.1. The Balaban J connectivity index is 2.02. The van der Waals surface area contributed by atoms with E-state index in [9.17, 15) is 27.2 Å². The van der Waals surface area contributed by atoms with Crippen LogP contribution in [0.5, 0.6) is 11.6 Å². The highest BCUT2D eigenvalue weighted by molar-refractivity contribution is 7.98. The monoisotopic (exact) mass is 440 g/mol. The summed E-state index contributed by atoms with van der Waals surface area (Å²) in [4.78, 5) is 27.9. The Kier molecular flexibility index (Phi) is 6.06. The number of thioether (sulfide) groups is 1. The SMILES string of the molecule is CSc1cc(F)ccc1Oc1ncc(C(F)(F)F)cc1C(=O)Nc1cn[nH]c(=O)c1. The minimum atomic E-state index is -4.76. The molecule has 0 fully saturated rings. The van der Waals surface area contributed by atoms with E-state index in [0.29, 0.717) is 17.2 Å². The van der Waals surface area contributed by atoms with E-state index in [4.69, 9.17) is 4.74 Å². The summed E-state index contributed by atoms with van der Waals surface area (Å²) >= 11 is 1.13. The molecule has 3 aromatic rings. The van der Waals surface area contributed by atoms with Gasteiger partial charge in [-0.05, 0) is 30.5 Å². The summed E-state index contributed by atoms with van der Waals surface area (Å²) in [5, 5.41) is 7.86. The van der Waals surface area contributed by atoms with Gasteiger partial charge in [0.1, 0.15) is 17.1 Å². The van der Waals surface area contributed by atoms with Gasteiger partial charge in [0, 0.05) is 12.3 Å². The van der Waals surface area contributed by atoms with Crippen molar-refractivity contribution in [3.8, 4) is 11.6 Å². The van der Waals surface area contributed by atoms with E-state index in [1.165, 1.54) is 12.1 Å². The van der Waals surface area contributed by atoms with Crippen LogP contribution in [0, 0.1) is 5.82 Å². The number of rotatable bonds is 5. The average molecular weight is 440 g/mol. The van der Waals surface area contributed by atoms with Gasteiger partial charge in [0.15, 0.2) is 0 Å². The predicted molar refractivity (Wildman–Crippen MR) is 100 cm³/mol. The van der Waals surface area contributed by atoms with Crippen molar-refractivity contribution in [1.82, 2.24) is 15.2 Å². The fourth-order valence-electron chi connectivity index (χ4n) is 2.32. The number of nitrogens with zero attached hydrogens (tertiary/aromatic N) is 2. The lowest BCUT2D eigenvalue weighted by Crippen LogP contribution is -2.18. The first-order valence-corrected chi connectivity index (χ1v) is 9.34. The fourth-order valence-corrected chi connectivity index (χ4v) is 2.87. The Morgan fingerprint density at radius 1 is 1.20 bits per heavy atom. The Morgan fingerprint density at radius 3 is 2.63 bits per heavy atom. The zero-order chi connectivity index (χ0) is 21.9. The number of halogens is 4. The van der Waals surface area contributed by atoms with Gasteiger partial charge in [-0.15, -0.1) is 11.8 Å². The Labute approximate surface area is 170 Å². The lowest BCUT2D eigenvalue weighted by Gasteiger charge is -2.14. The van der Waals surface area contributed by atoms with Crippen LogP contribution in [0.1, 0.15) is 15.9 Å². The highest BCUT2D eigenvalue weighted by Gasteiger charge is 2.33. The molecular weight excluding hydrogens is 428 g/mol. The van der Waals surface area contributed by atoms with E-state index in [2.05, 4.69) is 20.5 Å². The molecule has 0 radical (unpaired) electrons. The molecule has 0 aliphatic rings. The number of carbonyl (C=O) groups is 1. The number of H-pyrrole nitrogens is 1. The molecular formula is C18H12F4N4O3S. The smallest absolute Gasteiger partial charge is 0.417 e. The van der Waals surface area contributed by atoms with Gasteiger partial charge in [-0.2, -0.15) is 18.3 Å². The molecule has 0 bridgehead atoms. The molecule has 1 amide bonds. The summed E-state index contributed by atoms with van der Waals surface area (Å²) in [5.41, 5.74) is -2.38. The number of hydrogen-bond acceptors (Lipinski definition) is 6. The summed E-state index contributed by atoms with van der Waals surface area (Å²) in [6, 6.07) is 5.11. The molecule has 3 rings (SSSR count). The van der Waals surface area contributed by atoms with Crippen LogP contribution in [0.2, 0.25) is 0 Å². The van der Waals surface area contributed by atoms with Gasteiger partial charge < -0.3 is 10.1 Å². The first-order chi connectivity index (χ1) is 14.2. The van der Waals surface area contributed by atoms with Crippen molar-refractivity contribution in [2.45, 2.75) is 11.1 Å². The van der Waals surface area contributed by atoms with Gasteiger partial charge in [-0.3, -0.25) is 9.59 Å². The number of ether oxygens (including phenoxy) is 1. The number of hydrogen-bond donors (Lipinski definition) is 2. The molecule has 12 heteroatoms. The molecule has 2 heterocycles. The van der Waals surface area contributed by atoms with E-state index in [-0.39, 0.29) is 11.4 Å². The van der Waals surface area contributed by atoms with Gasteiger partial charge in [0.25, 0.3) is 11.5 Å². The average Bonchev–Trinajstić information content (AvgIpc) is 2.68. The van der Waals surface area contributed by atoms with Crippen LogP contribution in [0.4, 0.5) is 23.2 Å². The summed E-state index contributed by atoms with van der Waals surface area (Å²) < 4.78 is 58.3. The van der Waals surface area contributed by atoms with Crippen LogP contribution in [-0.4, -0.2) is 27.3 Å². The number of anilines is 1. The summed E-state index contributed by atoms with van der Waals surface area (Å²) in [6.07, 6.45) is -1.49.